The highest BCUT2D eigenvalue weighted by Crippen LogP contribution is 2.48. The molecular formula is C16H19ClN2O2. The predicted octanol–water partition coefficient (Wildman–Crippen LogP) is 3.59. The van der Waals surface area contributed by atoms with E-state index in [2.05, 4.69) is 10.5 Å². The van der Waals surface area contributed by atoms with Crippen LogP contribution in [0.15, 0.2) is 23.3 Å². The Morgan fingerprint density at radius 3 is 2.81 bits per heavy atom. The minimum atomic E-state index is -0.410. The first-order valence-electron chi connectivity index (χ1n) is 7.37. The van der Waals surface area contributed by atoms with Gasteiger partial charge in [0.1, 0.15) is 5.75 Å². The maximum absolute atomic E-state index is 12.0. The third kappa shape index (κ3) is 2.91. The maximum Gasteiger partial charge on any atom is 0.275 e. The van der Waals surface area contributed by atoms with Gasteiger partial charge in [-0.25, -0.2) is 5.43 Å². The van der Waals surface area contributed by atoms with E-state index >= 15 is 0 Å². The first kappa shape index (κ1) is 14.4. The van der Waals surface area contributed by atoms with Gasteiger partial charge in [0.05, 0.1) is 5.56 Å². The van der Waals surface area contributed by atoms with Gasteiger partial charge in [-0.15, -0.1) is 0 Å². The maximum atomic E-state index is 12.0. The summed E-state index contributed by atoms with van der Waals surface area (Å²) < 4.78 is 0. The number of phenolic OH excluding ortho intramolecular Hbond substituents is 1. The first-order valence-corrected chi connectivity index (χ1v) is 7.75. The van der Waals surface area contributed by atoms with Crippen molar-refractivity contribution in [3.8, 4) is 5.75 Å². The van der Waals surface area contributed by atoms with E-state index in [4.69, 9.17) is 11.6 Å². The lowest BCUT2D eigenvalue weighted by Gasteiger charge is -2.21. The molecular weight excluding hydrogens is 288 g/mol. The molecule has 0 saturated heterocycles. The van der Waals surface area contributed by atoms with Crippen molar-refractivity contribution in [1.82, 2.24) is 5.43 Å². The number of carbonyl (C=O) groups is 1. The second kappa shape index (κ2) is 5.68. The van der Waals surface area contributed by atoms with Gasteiger partial charge >= 0.3 is 0 Å². The molecule has 4 nitrogen and oxygen atoms in total. The first-order chi connectivity index (χ1) is 10.0. The van der Waals surface area contributed by atoms with E-state index in [1.807, 2.05) is 6.92 Å². The Labute approximate surface area is 129 Å². The van der Waals surface area contributed by atoms with E-state index in [1.54, 1.807) is 6.07 Å². The SMILES string of the molecule is C/C(=N/NC(=O)c1ccc(Cl)cc1O)[C@@H]1C[C@@H]2CC[C@@H]1C2. The molecule has 0 unspecified atom stereocenters. The fraction of sp³-hybridized carbons (Fsp3) is 0.500. The third-order valence-corrected chi connectivity index (χ3v) is 5.05. The van der Waals surface area contributed by atoms with Crippen molar-refractivity contribution in [3.05, 3.63) is 28.8 Å². The van der Waals surface area contributed by atoms with Crippen LogP contribution in [0.1, 0.15) is 43.0 Å². The van der Waals surface area contributed by atoms with E-state index in [1.165, 1.54) is 37.8 Å². The zero-order valence-corrected chi connectivity index (χ0v) is 12.7. The van der Waals surface area contributed by atoms with E-state index in [9.17, 15) is 9.90 Å². The fourth-order valence-corrected chi connectivity index (χ4v) is 3.90. The highest BCUT2D eigenvalue weighted by atomic mass is 35.5. The molecule has 0 radical (unpaired) electrons. The lowest BCUT2D eigenvalue weighted by molar-refractivity contribution is 0.0952. The van der Waals surface area contributed by atoms with E-state index in [-0.39, 0.29) is 11.3 Å². The molecule has 2 N–H and O–H groups in total. The van der Waals surface area contributed by atoms with Gasteiger partial charge < -0.3 is 5.11 Å². The molecule has 0 spiro atoms. The van der Waals surface area contributed by atoms with Gasteiger partial charge in [-0.1, -0.05) is 18.0 Å². The van der Waals surface area contributed by atoms with Gasteiger partial charge in [-0.2, -0.15) is 5.10 Å². The van der Waals surface area contributed by atoms with Gasteiger partial charge in [-0.3, -0.25) is 4.79 Å². The van der Waals surface area contributed by atoms with Crippen molar-refractivity contribution in [1.29, 1.82) is 0 Å². The van der Waals surface area contributed by atoms with Crippen LogP contribution in [0.5, 0.6) is 5.75 Å². The average Bonchev–Trinajstić information content (AvgIpc) is 3.07. The molecule has 2 saturated carbocycles. The molecule has 0 heterocycles. The number of rotatable bonds is 3. The highest BCUT2D eigenvalue weighted by molar-refractivity contribution is 6.30. The number of fused-ring (bicyclic) bond motifs is 2. The summed E-state index contributed by atoms with van der Waals surface area (Å²) in [6, 6.07) is 4.42. The number of carbonyl (C=O) groups excluding carboxylic acids is 1. The molecule has 2 fully saturated rings. The summed E-state index contributed by atoms with van der Waals surface area (Å²) >= 11 is 5.75. The van der Waals surface area contributed by atoms with Crippen LogP contribution in [-0.4, -0.2) is 16.7 Å². The standard InChI is InChI=1S/C16H19ClN2O2/c1-9(14-7-10-2-3-11(14)6-10)18-19-16(21)13-5-4-12(17)8-15(13)20/h4-5,8,10-11,14,20H,2-3,6-7H2,1H3,(H,19,21)/b18-9-/t10-,11-,14+/m1/s1. The minimum absolute atomic E-state index is 0.132. The summed E-state index contributed by atoms with van der Waals surface area (Å²) in [6.07, 6.45) is 5.14. The summed E-state index contributed by atoms with van der Waals surface area (Å²) in [5.41, 5.74) is 3.72. The normalized spacial score (nSPS) is 27.9. The number of nitrogens with zero attached hydrogens (tertiary/aromatic N) is 1. The lowest BCUT2D eigenvalue weighted by atomic mass is 9.86. The summed E-state index contributed by atoms with van der Waals surface area (Å²) in [7, 11) is 0. The Morgan fingerprint density at radius 2 is 2.19 bits per heavy atom. The average molecular weight is 307 g/mol. The van der Waals surface area contributed by atoms with Crippen LogP contribution in [0.3, 0.4) is 0 Å². The Bertz CT molecular complexity index is 600. The molecule has 0 aromatic heterocycles. The smallest absolute Gasteiger partial charge is 0.275 e. The third-order valence-electron chi connectivity index (χ3n) is 4.81. The van der Waals surface area contributed by atoms with E-state index in [0.717, 1.165) is 17.5 Å². The van der Waals surface area contributed by atoms with Crippen LogP contribution in [-0.2, 0) is 0 Å². The summed E-state index contributed by atoms with van der Waals surface area (Å²) in [4.78, 5) is 12.0. The van der Waals surface area contributed by atoms with Crippen LogP contribution in [0.2, 0.25) is 5.02 Å². The largest absolute Gasteiger partial charge is 0.507 e. The Hall–Kier alpha value is -1.55. The molecule has 2 bridgehead atoms. The second-order valence-electron chi connectivity index (χ2n) is 6.14. The number of hydrogen-bond acceptors (Lipinski definition) is 3. The zero-order valence-electron chi connectivity index (χ0n) is 12.0. The minimum Gasteiger partial charge on any atom is -0.507 e. The molecule has 2 aliphatic rings. The van der Waals surface area contributed by atoms with Crippen molar-refractivity contribution in [3.63, 3.8) is 0 Å². The van der Waals surface area contributed by atoms with Crippen LogP contribution in [0.4, 0.5) is 0 Å². The monoisotopic (exact) mass is 306 g/mol. The molecule has 21 heavy (non-hydrogen) atoms. The number of amides is 1. The van der Waals surface area contributed by atoms with Gasteiger partial charge in [0, 0.05) is 16.7 Å². The number of aromatic hydroxyl groups is 1. The molecule has 1 aromatic rings. The summed E-state index contributed by atoms with van der Waals surface area (Å²) in [6.45, 7) is 1.98. The molecule has 0 aliphatic heterocycles. The Morgan fingerprint density at radius 1 is 1.38 bits per heavy atom. The van der Waals surface area contributed by atoms with Gasteiger partial charge in [0.15, 0.2) is 0 Å². The fourth-order valence-electron chi connectivity index (χ4n) is 3.74. The number of halogens is 1. The summed E-state index contributed by atoms with van der Waals surface area (Å²) in [5.74, 6) is 1.54. The van der Waals surface area contributed by atoms with Crippen molar-refractivity contribution in [2.75, 3.05) is 0 Å². The molecule has 1 aromatic carbocycles. The topological polar surface area (TPSA) is 61.7 Å². The number of nitrogens with one attached hydrogen (secondary N) is 1. The highest BCUT2D eigenvalue weighted by Gasteiger charge is 2.40. The Balaban J connectivity index is 1.66. The molecule has 3 atom stereocenters. The van der Waals surface area contributed by atoms with Crippen LogP contribution >= 0.6 is 11.6 Å². The number of hydrazone groups is 1. The molecule has 1 amide bonds. The van der Waals surface area contributed by atoms with Gasteiger partial charge in [0.25, 0.3) is 5.91 Å². The lowest BCUT2D eigenvalue weighted by Crippen LogP contribution is -2.24. The number of benzene rings is 1. The van der Waals surface area contributed by atoms with Crippen LogP contribution in [0.25, 0.3) is 0 Å². The van der Waals surface area contributed by atoms with Crippen LogP contribution < -0.4 is 5.43 Å². The van der Waals surface area contributed by atoms with E-state index in [0.29, 0.717) is 10.9 Å². The van der Waals surface area contributed by atoms with Crippen molar-refractivity contribution in [2.45, 2.75) is 32.6 Å². The number of hydrogen-bond donors (Lipinski definition) is 2. The molecule has 5 heteroatoms. The van der Waals surface area contributed by atoms with Gasteiger partial charge in [-0.05, 0) is 56.2 Å². The van der Waals surface area contributed by atoms with Crippen LogP contribution in [0, 0.1) is 17.8 Å². The molecule has 3 rings (SSSR count). The molecule has 2 aliphatic carbocycles. The molecule has 112 valence electrons. The summed E-state index contributed by atoms with van der Waals surface area (Å²) in [5, 5.41) is 14.4. The number of phenols is 1. The second-order valence-corrected chi connectivity index (χ2v) is 6.57. The van der Waals surface area contributed by atoms with E-state index < -0.39 is 5.91 Å². The van der Waals surface area contributed by atoms with Crippen molar-refractivity contribution in [2.24, 2.45) is 22.9 Å². The van der Waals surface area contributed by atoms with Crippen molar-refractivity contribution < 1.29 is 9.90 Å². The zero-order chi connectivity index (χ0) is 15.0. The van der Waals surface area contributed by atoms with Crippen molar-refractivity contribution >= 4 is 23.2 Å². The van der Waals surface area contributed by atoms with Gasteiger partial charge in [0.2, 0.25) is 0 Å². The predicted molar refractivity (Wildman–Crippen MR) is 82.6 cm³/mol. The Kier molecular flexibility index (Phi) is 3.89. The quantitative estimate of drug-likeness (QED) is 0.662.